The predicted molar refractivity (Wildman–Crippen MR) is 65.9 cm³/mol. The predicted octanol–water partition coefficient (Wildman–Crippen LogP) is 1.83. The van der Waals surface area contributed by atoms with Crippen molar-refractivity contribution in [2.24, 2.45) is 10.8 Å². The van der Waals surface area contributed by atoms with E-state index in [9.17, 15) is 0 Å². The van der Waals surface area contributed by atoms with Crippen LogP contribution >= 0.6 is 0 Å². The molecule has 0 atom stereocenters. The molecule has 2 heterocycles. The highest BCUT2D eigenvalue weighted by Gasteiger charge is 2.05. The SMILES string of the molecule is Cc1cc(C)nc(/N=C(\NN)c2ccco2)c1. The Kier molecular flexibility index (Phi) is 3.20. The van der Waals surface area contributed by atoms with Crippen molar-refractivity contribution >= 4 is 11.7 Å². The highest BCUT2D eigenvalue weighted by Crippen LogP contribution is 2.14. The summed E-state index contributed by atoms with van der Waals surface area (Å²) in [6, 6.07) is 7.42. The van der Waals surface area contributed by atoms with Crippen molar-refractivity contribution in [1.82, 2.24) is 10.4 Å². The maximum Gasteiger partial charge on any atom is 0.185 e. The van der Waals surface area contributed by atoms with Gasteiger partial charge in [0.05, 0.1) is 6.26 Å². The highest BCUT2D eigenvalue weighted by atomic mass is 16.3. The van der Waals surface area contributed by atoms with Gasteiger partial charge in [0.1, 0.15) is 0 Å². The maximum atomic E-state index is 5.42. The molecule has 0 radical (unpaired) electrons. The molecule has 2 rings (SSSR count). The summed E-state index contributed by atoms with van der Waals surface area (Å²) < 4.78 is 5.22. The van der Waals surface area contributed by atoms with Crippen LogP contribution in [0.2, 0.25) is 0 Å². The lowest BCUT2D eigenvalue weighted by Gasteiger charge is -2.03. The number of amidine groups is 1. The normalized spacial score (nSPS) is 11.6. The second-order valence-electron chi connectivity index (χ2n) is 3.73. The zero-order valence-corrected chi connectivity index (χ0v) is 9.77. The van der Waals surface area contributed by atoms with Crippen LogP contribution in [0.3, 0.4) is 0 Å². The highest BCUT2D eigenvalue weighted by molar-refractivity contribution is 5.97. The van der Waals surface area contributed by atoms with E-state index in [4.69, 9.17) is 10.3 Å². The summed E-state index contributed by atoms with van der Waals surface area (Å²) in [5.41, 5.74) is 4.53. The molecule has 0 aliphatic carbocycles. The molecule has 17 heavy (non-hydrogen) atoms. The zero-order chi connectivity index (χ0) is 12.3. The van der Waals surface area contributed by atoms with E-state index in [1.807, 2.05) is 26.0 Å². The van der Waals surface area contributed by atoms with E-state index in [-0.39, 0.29) is 0 Å². The van der Waals surface area contributed by atoms with Gasteiger partial charge in [-0.3, -0.25) is 0 Å². The summed E-state index contributed by atoms with van der Waals surface area (Å²) in [5.74, 6) is 7.05. The van der Waals surface area contributed by atoms with Gasteiger partial charge in [-0.1, -0.05) is 0 Å². The van der Waals surface area contributed by atoms with Gasteiger partial charge in [0.2, 0.25) is 0 Å². The zero-order valence-electron chi connectivity index (χ0n) is 9.77. The summed E-state index contributed by atoms with van der Waals surface area (Å²) in [6.45, 7) is 3.92. The van der Waals surface area contributed by atoms with Crippen LogP contribution in [0, 0.1) is 13.8 Å². The average molecular weight is 230 g/mol. The Balaban J connectivity index is 2.39. The third-order valence-corrected chi connectivity index (χ3v) is 2.20. The Labute approximate surface area is 99.4 Å². The maximum absolute atomic E-state index is 5.42. The van der Waals surface area contributed by atoms with Crippen LogP contribution in [-0.4, -0.2) is 10.8 Å². The Morgan fingerprint density at radius 2 is 2.24 bits per heavy atom. The van der Waals surface area contributed by atoms with E-state index in [0.29, 0.717) is 17.4 Å². The van der Waals surface area contributed by atoms with E-state index < -0.39 is 0 Å². The van der Waals surface area contributed by atoms with Crippen LogP contribution in [0.5, 0.6) is 0 Å². The van der Waals surface area contributed by atoms with Gasteiger partial charge in [-0.2, -0.15) is 0 Å². The number of aryl methyl sites for hydroxylation is 2. The van der Waals surface area contributed by atoms with Crippen LogP contribution in [0.25, 0.3) is 0 Å². The van der Waals surface area contributed by atoms with Crippen molar-refractivity contribution in [3.8, 4) is 0 Å². The third-order valence-electron chi connectivity index (χ3n) is 2.20. The van der Waals surface area contributed by atoms with Crippen LogP contribution in [-0.2, 0) is 0 Å². The molecule has 0 aliphatic rings. The summed E-state index contributed by atoms with van der Waals surface area (Å²) >= 11 is 0. The number of hydrogen-bond acceptors (Lipinski definition) is 4. The van der Waals surface area contributed by atoms with Crippen LogP contribution in [0.1, 0.15) is 17.0 Å². The molecule has 0 aromatic carbocycles. The van der Waals surface area contributed by atoms with Crippen LogP contribution < -0.4 is 11.3 Å². The Hall–Kier alpha value is -2.14. The molecule has 88 valence electrons. The third kappa shape index (κ3) is 2.70. The van der Waals surface area contributed by atoms with Gasteiger partial charge in [0.15, 0.2) is 17.4 Å². The van der Waals surface area contributed by atoms with Gasteiger partial charge < -0.3 is 9.84 Å². The van der Waals surface area contributed by atoms with Crippen molar-refractivity contribution in [2.45, 2.75) is 13.8 Å². The fourth-order valence-corrected chi connectivity index (χ4v) is 1.56. The number of pyridine rings is 1. The Morgan fingerprint density at radius 3 is 2.82 bits per heavy atom. The van der Waals surface area contributed by atoms with Gasteiger partial charge in [-0.15, -0.1) is 0 Å². The first-order valence-corrected chi connectivity index (χ1v) is 5.23. The number of nitrogens with one attached hydrogen (secondary N) is 1. The first kappa shape index (κ1) is 11.3. The molecule has 0 fully saturated rings. The molecule has 5 heteroatoms. The Morgan fingerprint density at radius 1 is 1.41 bits per heavy atom. The largest absolute Gasteiger partial charge is 0.461 e. The summed E-state index contributed by atoms with van der Waals surface area (Å²) in [7, 11) is 0. The molecule has 0 saturated carbocycles. The molecule has 0 spiro atoms. The minimum Gasteiger partial charge on any atom is -0.461 e. The van der Waals surface area contributed by atoms with Crippen molar-refractivity contribution in [3.63, 3.8) is 0 Å². The number of aliphatic imine (C=N–C) groups is 1. The lowest BCUT2D eigenvalue weighted by atomic mass is 10.2. The van der Waals surface area contributed by atoms with Crippen molar-refractivity contribution in [2.75, 3.05) is 0 Å². The lowest BCUT2D eigenvalue weighted by molar-refractivity contribution is 0.554. The molecule has 0 bridgehead atoms. The molecule has 0 saturated heterocycles. The number of rotatable bonds is 2. The quantitative estimate of drug-likeness (QED) is 0.357. The minimum atomic E-state index is 0.451. The summed E-state index contributed by atoms with van der Waals surface area (Å²) in [4.78, 5) is 8.62. The number of aromatic nitrogens is 1. The number of nitrogens with two attached hydrogens (primary N) is 1. The lowest BCUT2D eigenvalue weighted by Crippen LogP contribution is -2.30. The number of hydrazine groups is 1. The van der Waals surface area contributed by atoms with Gasteiger partial charge >= 0.3 is 0 Å². The molecule has 0 amide bonds. The smallest absolute Gasteiger partial charge is 0.185 e. The van der Waals surface area contributed by atoms with Gasteiger partial charge in [0.25, 0.3) is 0 Å². The monoisotopic (exact) mass is 230 g/mol. The second-order valence-corrected chi connectivity index (χ2v) is 3.73. The van der Waals surface area contributed by atoms with Crippen LogP contribution in [0.4, 0.5) is 5.82 Å². The van der Waals surface area contributed by atoms with Crippen molar-refractivity contribution in [1.29, 1.82) is 0 Å². The van der Waals surface area contributed by atoms with Crippen LogP contribution in [0.15, 0.2) is 39.9 Å². The fraction of sp³-hybridized carbons (Fsp3) is 0.167. The molecular weight excluding hydrogens is 216 g/mol. The molecule has 3 N–H and O–H groups in total. The second kappa shape index (κ2) is 4.80. The Bertz CT molecular complexity index is 511. The van der Waals surface area contributed by atoms with E-state index in [1.165, 1.54) is 0 Å². The van der Waals surface area contributed by atoms with Gasteiger partial charge in [0, 0.05) is 5.69 Å². The topological polar surface area (TPSA) is 76.4 Å². The molecule has 0 aliphatic heterocycles. The van der Waals surface area contributed by atoms with E-state index in [1.54, 1.807) is 18.4 Å². The van der Waals surface area contributed by atoms with Crippen molar-refractivity contribution < 1.29 is 4.42 Å². The summed E-state index contributed by atoms with van der Waals surface area (Å²) in [6.07, 6.45) is 1.57. The number of nitrogens with zero attached hydrogens (tertiary/aromatic N) is 2. The standard InChI is InChI=1S/C12H14N4O/c1-8-6-9(2)14-11(7-8)15-12(16-13)10-4-3-5-17-10/h3-7H,13H2,1-2H3,(H,14,15,16). The number of hydrogen-bond donors (Lipinski definition) is 2. The first-order chi connectivity index (χ1) is 8.19. The van der Waals surface area contributed by atoms with Gasteiger partial charge in [-0.25, -0.2) is 15.8 Å². The van der Waals surface area contributed by atoms with Gasteiger partial charge in [-0.05, 0) is 43.7 Å². The molecule has 0 unspecified atom stereocenters. The molecular formula is C12H14N4O. The molecule has 2 aromatic heterocycles. The van der Waals surface area contributed by atoms with E-state index >= 15 is 0 Å². The molecule has 2 aromatic rings. The summed E-state index contributed by atoms with van der Waals surface area (Å²) in [5, 5.41) is 0. The van der Waals surface area contributed by atoms with E-state index in [2.05, 4.69) is 15.4 Å². The van der Waals surface area contributed by atoms with Crippen molar-refractivity contribution in [3.05, 3.63) is 47.5 Å². The first-order valence-electron chi connectivity index (χ1n) is 5.23. The molecule has 5 nitrogen and oxygen atoms in total. The fourth-order valence-electron chi connectivity index (χ4n) is 1.56. The number of furan rings is 1. The van der Waals surface area contributed by atoms with E-state index in [0.717, 1.165) is 11.3 Å². The average Bonchev–Trinajstić information content (AvgIpc) is 2.77. The minimum absolute atomic E-state index is 0.451.